The van der Waals surface area contributed by atoms with Gasteiger partial charge in [-0.1, -0.05) is 29.3 Å². The van der Waals surface area contributed by atoms with E-state index >= 15 is 0 Å². The molecular formula is C9H11Cl2OP. The van der Waals surface area contributed by atoms with Gasteiger partial charge in [-0.3, -0.25) is 0 Å². The van der Waals surface area contributed by atoms with Gasteiger partial charge in [0.15, 0.2) is 0 Å². The number of halogens is 2. The summed E-state index contributed by atoms with van der Waals surface area (Å²) in [4.78, 5) is 0. The summed E-state index contributed by atoms with van der Waals surface area (Å²) in [5.74, 6) is 0. The Morgan fingerprint density at radius 2 is 1.85 bits per heavy atom. The lowest BCUT2D eigenvalue weighted by Crippen LogP contribution is -1.85. The SMILES string of the molecule is CP(C)(=O)Cc1ccc(Cl)c(Cl)c1. The first-order valence-electron chi connectivity index (χ1n) is 3.86. The van der Waals surface area contributed by atoms with Crippen LogP contribution in [0, 0.1) is 0 Å². The maximum atomic E-state index is 11.5. The summed E-state index contributed by atoms with van der Waals surface area (Å²) < 4.78 is 11.5. The third-order valence-corrected chi connectivity index (χ3v) is 3.41. The molecule has 0 bridgehead atoms. The molecule has 0 aromatic heterocycles. The standard InChI is InChI=1S/C9H11Cl2OP/c1-13(2,12)6-7-3-4-8(10)9(11)5-7/h3-5H,6H2,1-2H3. The lowest BCUT2D eigenvalue weighted by Gasteiger charge is -2.06. The van der Waals surface area contributed by atoms with Gasteiger partial charge in [0, 0.05) is 6.16 Å². The molecule has 0 aliphatic heterocycles. The minimum atomic E-state index is -2.02. The molecule has 1 aromatic rings. The molecule has 1 aromatic carbocycles. The molecule has 0 heterocycles. The Morgan fingerprint density at radius 3 is 2.31 bits per heavy atom. The first kappa shape index (κ1) is 11.1. The van der Waals surface area contributed by atoms with E-state index in [-0.39, 0.29) is 0 Å². The van der Waals surface area contributed by atoms with Crippen molar-refractivity contribution in [1.29, 1.82) is 0 Å². The number of hydrogen-bond acceptors (Lipinski definition) is 1. The van der Waals surface area contributed by atoms with Crippen LogP contribution in [0.3, 0.4) is 0 Å². The van der Waals surface area contributed by atoms with Crippen molar-refractivity contribution < 1.29 is 4.57 Å². The molecule has 0 aliphatic rings. The van der Waals surface area contributed by atoms with Gasteiger partial charge < -0.3 is 4.57 Å². The minimum Gasteiger partial charge on any atom is -0.324 e. The number of hydrogen-bond donors (Lipinski definition) is 0. The highest BCUT2D eigenvalue weighted by Crippen LogP contribution is 2.41. The molecule has 0 saturated heterocycles. The molecule has 0 atom stereocenters. The fourth-order valence-corrected chi connectivity index (χ4v) is 2.47. The molecule has 13 heavy (non-hydrogen) atoms. The normalized spacial score (nSPS) is 11.7. The molecule has 0 saturated carbocycles. The Morgan fingerprint density at radius 1 is 1.23 bits per heavy atom. The van der Waals surface area contributed by atoms with E-state index in [9.17, 15) is 4.57 Å². The Kier molecular flexibility index (Phi) is 3.45. The third-order valence-electron chi connectivity index (χ3n) is 1.55. The summed E-state index contributed by atoms with van der Waals surface area (Å²) in [6.07, 6.45) is 0.573. The first-order chi connectivity index (χ1) is 5.88. The quantitative estimate of drug-likeness (QED) is 0.707. The maximum Gasteiger partial charge on any atom is 0.0861 e. The van der Waals surface area contributed by atoms with Crippen LogP contribution in [-0.2, 0) is 10.7 Å². The monoisotopic (exact) mass is 236 g/mol. The molecule has 1 nitrogen and oxygen atoms in total. The van der Waals surface area contributed by atoms with Gasteiger partial charge in [-0.15, -0.1) is 0 Å². The first-order valence-corrected chi connectivity index (χ1v) is 7.41. The zero-order valence-corrected chi connectivity index (χ0v) is 9.96. The predicted octanol–water partition coefficient (Wildman–Crippen LogP) is 4.12. The fraction of sp³-hybridized carbons (Fsp3) is 0.333. The molecular weight excluding hydrogens is 226 g/mol. The largest absolute Gasteiger partial charge is 0.324 e. The summed E-state index contributed by atoms with van der Waals surface area (Å²) in [6, 6.07) is 5.35. The van der Waals surface area contributed by atoms with Crippen LogP contribution in [0.15, 0.2) is 18.2 Å². The van der Waals surface area contributed by atoms with Crippen molar-refractivity contribution in [2.45, 2.75) is 6.16 Å². The van der Waals surface area contributed by atoms with Crippen molar-refractivity contribution in [3.05, 3.63) is 33.8 Å². The average Bonchev–Trinajstić information content (AvgIpc) is 1.94. The summed E-state index contributed by atoms with van der Waals surface area (Å²) in [5.41, 5.74) is 0.975. The van der Waals surface area contributed by atoms with Crippen LogP contribution in [0.5, 0.6) is 0 Å². The molecule has 0 N–H and O–H groups in total. The Labute approximate surface area is 88.4 Å². The Balaban J connectivity index is 2.92. The molecule has 0 spiro atoms. The van der Waals surface area contributed by atoms with E-state index in [4.69, 9.17) is 23.2 Å². The number of benzene rings is 1. The van der Waals surface area contributed by atoms with Gasteiger partial charge in [0.25, 0.3) is 0 Å². The van der Waals surface area contributed by atoms with E-state index in [1.54, 1.807) is 25.5 Å². The molecule has 0 radical (unpaired) electrons. The predicted molar refractivity (Wildman–Crippen MR) is 59.6 cm³/mol. The maximum absolute atomic E-state index is 11.5. The zero-order valence-electron chi connectivity index (χ0n) is 7.55. The highest BCUT2D eigenvalue weighted by atomic mass is 35.5. The Hall–Kier alpha value is 0.0300. The highest BCUT2D eigenvalue weighted by Gasteiger charge is 2.09. The molecule has 0 aliphatic carbocycles. The van der Waals surface area contributed by atoms with Crippen molar-refractivity contribution in [3.63, 3.8) is 0 Å². The van der Waals surface area contributed by atoms with E-state index in [2.05, 4.69) is 0 Å². The van der Waals surface area contributed by atoms with Crippen LogP contribution in [0.1, 0.15) is 5.56 Å². The summed E-state index contributed by atoms with van der Waals surface area (Å²) >= 11 is 11.6. The van der Waals surface area contributed by atoms with Gasteiger partial charge in [0.2, 0.25) is 0 Å². The van der Waals surface area contributed by atoms with Gasteiger partial charge in [0.1, 0.15) is 0 Å². The van der Waals surface area contributed by atoms with Crippen molar-refractivity contribution >= 4 is 30.3 Å². The van der Waals surface area contributed by atoms with Gasteiger partial charge in [0.05, 0.1) is 17.2 Å². The summed E-state index contributed by atoms with van der Waals surface area (Å²) in [6.45, 7) is 3.52. The topological polar surface area (TPSA) is 17.1 Å². The van der Waals surface area contributed by atoms with Gasteiger partial charge in [-0.2, -0.15) is 0 Å². The Bertz CT molecular complexity index is 357. The second-order valence-electron chi connectivity index (χ2n) is 3.48. The van der Waals surface area contributed by atoms with Crippen LogP contribution in [-0.4, -0.2) is 13.3 Å². The van der Waals surface area contributed by atoms with E-state index in [0.717, 1.165) is 5.56 Å². The molecule has 0 fully saturated rings. The molecule has 0 amide bonds. The van der Waals surface area contributed by atoms with Crippen molar-refractivity contribution in [3.8, 4) is 0 Å². The van der Waals surface area contributed by atoms with Gasteiger partial charge in [-0.25, -0.2) is 0 Å². The van der Waals surface area contributed by atoms with Gasteiger partial charge in [-0.05, 0) is 31.0 Å². The van der Waals surface area contributed by atoms with E-state index in [1.165, 1.54) is 0 Å². The van der Waals surface area contributed by atoms with E-state index < -0.39 is 7.14 Å². The van der Waals surface area contributed by atoms with Crippen LogP contribution < -0.4 is 0 Å². The third kappa shape index (κ3) is 3.72. The lowest BCUT2D eigenvalue weighted by molar-refractivity contribution is 0.582. The van der Waals surface area contributed by atoms with Crippen LogP contribution in [0.4, 0.5) is 0 Å². The highest BCUT2D eigenvalue weighted by molar-refractivity contribution is 7.61. The minimum absolute atomic E-state index is 0.521. The average molecular weight is 237 g/mol. The molecule has 4 heteroatoms. The molecule has 72 valence electrons. The smallest absolute Gasteiger partial charge is 0.0861 e. The molecule has 1 rings (SSSR count). The van der Waals surface area contributed by atoms with Crippen molar-refractivity contribution in [2.75, 3.05) is 13.3 Å². The summed E-state index contributed by atoms with van der Waals surface area (Å²) in [5, 5.41) is 1.06. The number of rotatable bonds is 2. The molecule has 0 unspecified atom stereocenters. The fourth-order valence-electron chi connectivity index (χ4n) is 1.08. The van der Waals surface area contributed by atoms with Crippen LogP contribution in [0.2, 0.25) is 10.0 Å². The van der Waals surface area contributed by atoms with Crippen LogP contribution in [0.25, 0.3) is 0 Å². The van der Waals surface area contributed by atoms with E-state index in [0.29, 0.717) is 16.2 Å². The van der Waals surface area contributed by atoms with E-state index in [1.807, 2.05) is 6.07 Å². The summed E-state index contributed by atoms with van der Waals surface area (Å²) in [7, 11) is -2.02. The lowest BCUT2D eigenvalue weighted by atomic mass is 10.2. The zero-order chi connectivity index (χ0) is 10.1. The van der Waals surface area contributed by atoms with Gasteiger partial charge >= 0.3 is 0 Å². The second kappa shape index (κ2) is 4.04. The van der Waals surface area contributed by atoms with Crippen molar-refractivity contribution in [2.24, 2.45) is 0 Å². The second-order valence-corrected chi connectivity index (χ2v) is 7.76. The van der Waals surface area contributed by atoms with Crippen molar-refractivity contribution in [1.82, 2.24) is 0 Å². The van der Waals surface area contributed by atoms with Crippen LogP contribution >= 0.6 is 30.3 Å².